The van der Waals surface area contributed by atoms with Gasteiger partial charge in [-0.25, -0.2) is 0 Å². The molecule has 0 fully saturated rings. The molecule has 0 radical (unpaired) electrons. The number of hydrogen-bond acceptors (Lipinski definition) is 4. The number of nitrogens with one attached hydrogen (secondary N) is 1. The molecule has 0 bridgehead atoms. The number of furan rings is 1. The molecule has 0 aliphatic rings. The van der Waals surface area contributed by atoms with Gasteiger partial charge in [-0.3, -0.25) is 9.59 Å². The minimum absolute atomic E-state index is 0.00426. The molecule has 0 aliphatic carbocycles. The third kappa shape index (κ3) is 6.62. The summed E-state index contributed by atoms with van der Waals surface area (Å²) in [7, 11) is 1.51. The molecular weight excluding hydrogens is 401 g/mol. The molecule has 1 N–H and O–H groups in total. The van der Waals surface area contributed by atoms with Gasteiger partial charge in [0, 0.05) is 33.2 Å². The van der Waals surface area contributed by atoms with E-state index in [-0.39, 0.29) is 31.3 Å². The number of halogens is 3. The minimum atomic E-state index is -4.44. The van der Waals surface area contributed by atoms with Crippen LogP contribution < -0.4 is 5.32 Å². The number of aryl methyl sites for hydroxylation is 2. The van der Waals surface area contributed by atoms with Gasteiger partial charge in [0.25, 0.3) is 5.91 Å². The third-order valence-corrected chi connectivity index (χ3v) is 4.48. The van der Waals surface area contributed by atoms with Crippen LogP contribution in [-0.4, -0.2) is 43.5 Å². The Morgan fingerprint density at radius 1 is 1.17 bits per heavy atom. The summed E-state index contributed by atoms with van der Waals surface area (Å²) < 4.78 is 48.8. The number of benzene rings is 1. The topological polar surface area (TPSA) is 71.8 Å². The number of methoxy groups -OCH3 is 1. The summed E-state index contributed by atoms with van der Waals surface area (Å²) in [6.45, 7) is 4.13. The van der Waals surface area contributed by atoms with Crippen LogP contribution in [0.5, 0.6) is 0 Å². The van der Waals surface area contributed by atoms with Crippen LogP contribution in [-0.2, 0) is 22.3 Å². The van der Waals surface area contributed by atoms with Crippen molar-refractivity contribution in [3.8, 4) is 0 Å². The Labute approximate surface area is 173 Å². The Morgan fingerprint density at radius 3 is 2.50 bits per heavy atom. The quantitative estimate of drug-likeness (QED) is 0.664. The van der Waals surface area contributed by atoms with Crippen LogP contribution in [0, 0.1) is 13.8 Å². The molecule has 0 atom stereocenters. The van der Waals surface area contributed by atoms with Gasteiger partial charge >= 0.3 is 6.18 Å². The average molecular weight is 426 g/mol. The van der Waals surface area contributed by atoms with Gasteiger partial charge in [0.05, 0.1) is 17.7 Å². The molecule has 30 heavy (non-hydrogen) atoms. The second kappa shape index (κ2) is 10.3. The van der Waals surface area contributed by atoms with Gasteiger partial charge in [0.2, 0.25) is 5.91 Å². The van der Waals surface area contributed by atoms with Crippen molar-refractivity contribution in [3.05, 3.63) is 58.5 Å². The molecule has 1 aromatic heterocycles. The first-order chi connectivity index (χ1) is 14.1. The van der Waals surface area contributed by atoms with E-state index in [9.17, 15) is 22.8 Å². The number of hydrogen-bond donors (Lipinski definition) is 1. The lowest BCUT2D eigenvalue weighted by atomic mass is 10.1. The van der Waals surface area contributed by atoms with Gasteiger partial charge in [0.15, 0.2) is 0 Å². The summed E-state index contributed by atoms with van der Waals surface area (Å²) in [5.74, 6) is 0.463. The zero-order chi connectivity index (χ0) is 22.3. The molecule has 6 nitrogen and oxygen atoms in total. The highest BCUT2D eigenvalue weighted by Gasteiger charge is 2.30. The van der Waals surface area contributed by atoms with Crippen LogP contribution in [0.2, 0.25) is 0 Å². The monoisotopic (exact) mass is 426 g/mol. The van der Waals surface area contributed by atoms with Crippen LogP contribution >= 0.6 is 0 Å². The number of ether oxygens (including phenoxy) is 1. The van der Waals surface area contributed by atoms with Crippen molar-refractivity contribution in [2.24, 2.45) is 0 Å². The van der Waals surface area contributed by atoms with Gasteiger partial charge < -0.3 is 19.4 Å². The SMILES string of the molecule is COCCN(CCC(=O)NCc1cccc(C(F)(F)F)c1)C(=O)c1cc(C)oc1C. The Bertz CT molecular complexity index is 877. The Hall–Kier alpha value is -2.81. The van der Waals surface area contributed by atoms with E-state index in [0.717, 1.165) is 12.1 Å². The summed E-state index contributed by atoms with van der Waals surface area (Å²) in [6, 6.07) is 6.42. The fourth-order valence-electron chi connectivity index (χ4n) is 2.91. The van der Waals surface area contributed by atoms with E-state index in [1.807, 2.05) is 0 Å². The molecule has 0 unspecified atom stereocenters. The molecule has 1 aromatic carbocycles. The average Bonchev–Trinajstić information content (AvgIpc) is 3.03. The maximum absolute atomic E-state index is 12.8. The van der Waals surface area contributed by atoms with Crippen LogP contribution in [0.4, 0.5) is 13.2 Å². The highest BCUT2D eigenvalue weighted by molar-refractivity contribution is 5.95. The van der Waals surface area contributed by atoms with E-state index in [4.69, 9.17) is 9.15 Å². The van der Waals surface area contributed by atoms with Crippen molar-refractivity contribution in [2.75, 3.05) is 26.8 Å². The molecule has 0 spiro atoms. The Balaban J connectivity index is 1.94. The highest BCUT2D eigenvalue weighted by atomic mass is 19.4. The van der Waals surface area contributed by atoms with E-state index in [2.05, 4.69) is 5.32 Å². The molecule has 164 valence electrons. The number of amides is 2. The van der Waals surface area contributed by atoms with E-state index < -0.39 is 11.7 Å². The molecule has 0 saturated carbocycles. The van der Waals surface area contributed by atoms with Crippen molar-refractivity contribution in [1.82, 2.24) is 10.2 Å². The van der Waals surface area contributed by atoms with Crippen molar-refractivity contribution < 1.29 is 31.9 Å². The number of alkyl halides is 3. The first kappa shape index (κ1) is 23.5. The number of nitrogens with zero attached hydrogens (tertiary/aromatic N) is 1. The highest BCUT2D eigenvalue weighted by Crippen LogP contribution is 2.29. The van der Waals surface area contributed by atoms with E-state index in [1.165, 1.54) is 24.1 Å². The van der Waals surface area contributed by atoms with Crippen molar-refractivity contribution in [2.45, 2.75) is 33.0 Å². The van der Waals surface area contributed by atoms with Crippen molar-refractivity contribution in [3.63, 3.8) is 0 Å². The number of carbonyl (C=O) groups is 2. The van der Waals surface area contributed by atoms with E-state index >= 15 is 0 Å². The summed E-state index contributed by atoms with van der Waals surface area (Å²) in [5, 5.41) is 2.59. The summed E-state index contributed by atoms with van der Waals surface area (Å²) in [5.41, 5.74) is -0.000624. The maximum atomic E-state index is 12.8. The lowest BCUT2D eigenvalue weighted by Gasteiger charge is -2.22. The number of rotatable bonds is 9. The normalized spacial score (nSPS) is 11.4. The van der Waals surface area contributed by atoms with Gasteiger partial charge in [-0.15, -0.1) is 0 Å². The predicted molar refractivity (Wildman–Crippen MR) is 104 cm³/mol. The van der Waals surface area contributed by atoms with Gasteiger partial charge in [-0.2, -0.15) is 13.2 Å². The fourth-order valence-corrected chi connectivity index (χ4v) is 2.91. The molecule has 2 amide bonds. The second-order valence-electron chi connectivity index (χ2n) is 6.84. The standard InChI is InChI=1S/C21H25F3N2O4/c1-14-11-18(15(2)30-14)20(28)26(9-10-29-3)8-7-19(27)25-13-16-5-4-6-17(12-16)21(22,23)24/h4-6,11-12H,7-10,13H2,1-3H3,(H,25,27). The first-order valence-corrected chi connectivity index (χ1v) is 9.40. The Morgan fingerprint density at radius 2 is 1.90 bits per heavy atom. The summed E-state index contributed by atoms with van der Waals surface area (Å²) >= 11 is 0. The smallest absolute Gasteiger partial charge is 0.416 e. The summed E-state index contributed by atoms with van der Waals surface area (Å²) in [6.07, 6.45) is -4.43. The van der Waals surface area contributed by atoms with Crippen LogP contribution in [0.15, 0.2) is 34.7 Å². The van der Waals surface area contributed by atoms with Crippen LogP contribution in [0.3, 0.4) is 0 Å². The van der Waals surface area contributed by atoms with Gasteiger partial charge in [-0.05, 0) is 37.6 Å². The molecule has 1 heterocycles. The lowest BCUT2D eigenvalue weighted by Crippen LogP contribution is -2.37. The third-order valence-electron chi connectivity index (χ3n) is 4.48. The van der Waals surface area contributed by atoms with E-state index in [0.29, 0.717) is 35.8 Å². The summed E-state index contributed by atoms with van der Waals surface area (Å²) in [4.78, 5) is 26.5. The largest absolute Gasteiger partial charge is 0.466 e. The molecule has 0 aliphatic heterocycles. The first-order valence-electron chi connectivity index (χ1n) is 9.40. The maximum Gasteiger partial charge on any atom is 0.416 e. The van der Waals surface area contributed by atoms with E-state index in [1.54, 1.807) is 19.9 Å². The lowest BCUT2D eigenvalue weighted by molar-refractivity contribution is -0.137. The van der Waals surface area contributed by atoms with Gasteiger partial charge in [-0.1, -0.05) is 12.1 Å². The zero-order valence-corrected chi connectivity index (χ0v) is 17.1. The fraction of sp³-hybridized carbons (Fsp3) is 0.429. The second-order valence-corrected chi connectivity index (χ2v) is 6.84. The predicted octanol–water partition coefficient (Wildman–Crippen LogP) is 3.71. The zero-order valence-electron chi connectivity index (χ0n) is 17.1. The Kier molecular flexibility index (Phi) is 8.05. The van der Waals surface area contributed by atoms with Crippen LogP contribution in [0.25, 0.3) is 0 Å². The van der Waals surface area contributed by atoms with Crippen LogP contribution in [0.1, 0.15) is 39.4 Å². The van der Waals surface area contributed by atoms with Gasteiger partial charge in [0.1, 0.15) is 11.5 Å². The number of carbonyl (C=O) groups excluding carboxylic acids is 2. The molecule has 2 aromatic rings. The molecule has 2 rings (SSSR count). The molecule has 9 heteroatoms. The van der Waals surface area contributed by atoms with Crippen molar-refractivity contribution >= 4 is 11.8 Å². The molecular formula is C21H25F3N2O4. The minimum Gasteiger partial charge on any atom is -0.466 e. The molecule has 0 saturated heterocycles. The van der Waals surface area contributed by atoms with Crippen molar-refractivity contribution in [1.29, 1.82) is 0 Å².